The van der Waals surface area contributed by atoms with Gasteiger partial charge in [0.1, 0.15) is 0 Å². The highest BCUT2D eigenvalue weighted by Crippen LogP contribution is 2.20. The van der Waals surface area contributed by atoms with E-state index < -0.39 is 0 Å². The Bertz CT molecular complexity index is 1230. The number of aromatic amines is 1. The molecule has 1 aliphatic rings. The standard InChI is InChI=1S/C22H23N9O/c23-16-5-7-17(8-6-16)26-20-27-21(29-22(28-20)31-9-11-32-12-10-31)30-25-14-15-13-24-19-4-2-1-3-18(15)19/h1-8,13-14,24H,9-12,23H2,(H2,26,27,28,29,30)/b25-14+. The van der Waals surface area contributed by atoms with Crippen molar-refractivity contribution in [2.75, 3.05) is 47.7 Å². The van der Waals surface area contributed by atoms with Crippen molar-refractivity contribution in [3.8, 4) is 0 Å². The summed E-state index contributed by atoms with van der Waals surface area (Å²) in [5.41, 5.74) is 12.3. The molecule has 3 heterocycles. The lowest BCUT2D eigenvalue weighted by atomic mass is 10.2. The summed E-state index contributed by atoms with van der Waals surface area (Å²) in [7, 11) is 0. The number of hydrogen-bond donors (Lipinski definition) is 4. The number of benzene rings is 2. The molecule has 1 fully saturated rings. The Morgan fingerprint density at radius 3 is 2.62 bits per heavy atom. The van der Waals surface area contributed by atoms with Gasteiger partial charge in [-0.05, 0) is 30.3 Å². The maximum absolute atomic E-state index is 5.78. The number of nitrogens with two attached hydrogens (primary N) is 1. The molecule has 0 amide bonds. The van der Waals surface area contributed by atoms with Crippen LogP contribution in [0.3, 0.4) is 0 Å². The second-order valence-electron chi connectivity index (χ2n) is 7.29. The number of aromatic nitrogens is 4. The number of nitrogen functional groups attached to an aromatic ring is 1. The van der Waals surface area contributed by atoms with Crippen LogP contribution in [-0.4, -0.2) is 52.5 Å². The van der Waals surface area contributed by atoms with Crippen molar-refractivity contribution in [3.05, 3.63) is 60.3 Å². The molecule has 5 N–H and O–H groups in total. The molecule has 0 unspecified atom stereocenters. The highest BCUT2D eigenvalue weighted by molar-refractivity contribution is 5.99. The minimum atomic E-state index is 0.343. The molecule has 2 aromatic carbocycles. The molecule has 32 heavy (non-hydrogen) atoms. The third-order valence-corrected chi connectivity index (χ3v) is 5.07. The molecule has 4 aromatic rings. The number of ether oxygens (including phenoxy) is 1. The van der Waals surface area contributed by atoms with Gasteiger partial charge in [0.15, 0.2) is 0 Å². The van der Waals surface area contributed by atoms with Crippen LogP contribution in [0.5, 0.6) is 0 Å². The number of hydrogen-bond acceptors (Lipinski definition) is 9. The maximum atomic E-state index is 5.78. The number of nitrogens with one attached hydrogen (secondary N) is 3. The number of fused-ring (bicyclic) bond motifs is 1. The molecular weight excluding hydrogens is 406 g/mol. The minimum Gasteiger partial charge on any atom is -0.399 e. The van der Waals surface area contributed by atoms with Gasteiger partial charge in [-0.2, -0.15) is 20.1 Å². The number of para-hydroxylation sites is 1. The summed E-state index contributed by atoms with van der Waals surface area (Å²) >= 11 is 0. The van der Waals surface area contributed by atoms with Crippen molar-refractivity contribution in [2.45, 2.75) is 0 Å². The van der Waals surface area contributed by atoms with Gasteiger partial charge in [-0.15, -0.1) is 0 Å². The second-order valence-corrected chi connectivity index (χ2v) is 7.29. The Hall–Kier alpha value is -4.18. The normalized spacial score (nSPS) is 14.2. The van der Waals surface area contributed by atoms with Crippen molar-refractivity contribution in [1.82, 2.24) is 19.9 Å². The van der Waals surface area contributed by atoms with Crippen LogP contribution < -0.4 is 21.4 Å². The first kappa shape index (κ1) is 19.8. The fourth-order valence-electron chi connectivity index (χ4n) is 3.43. The second kappa shape index (κ2) is 8.90. The van der Waals surface area contributed by atoms with E-state index in [1.165, 1.54) is 0 Å². The summed E-state index contributed by atoms with van der Waals surface area (Å²) in [6.45, 7) is 2.69. The zero-order valence-electron chi connectivity index (χ0n) is 17.3. The van der Waals surface area contributed by atoms with E-state index in [0.717, 1.165) is 22.2 Å². The number of H-pyrrole nitrogens is 1. The third-order valence-electron chi connectivity index (χ3n) is 5.07. The average molecular weight is 429 g/mol. The minimum absolute atomic E-state index is 0.343. The van der Waals surface area contributed by atoms with E-state index in [1.54, 1.807) is 6.21 Å². The SMILES string of the molecule is Nc1ccc(Nc2nc(N/N=C/c3c[nH]c4ccccc34)nc(N3CCOCC3)n2)cc1. The monoisotopic (exact) mass is 429 g/mol. The molecule has 0 atom stereocenters. The Morgan fingerprint density at radius 2 is 1.78 bits per heavy atom. The molecule has 0 aliphatic carbocycles. The van der Waals surface area contributed by atoms with Crippen LogP contribution in [0.1, 0.15) is 5.56 Å². The molecule has 1 saturated heterocycles. The summed E-state index contributed by atoms with van der Waals surface area (Å²) in [6, 6.07) is 15.4. The van der Waals surface area contributed by atoms with Crippen LogP contribution in [-0.2, 0) is 4.74 Å². The highest BCUT2D eigenvalue weighted by Gasteiger charge is 2.16. The van der Waals surface area contributed by atoms with E-state index in [0.29, 0.717) is 49.8 Å². The molecule has 5 rings (SSSR count). The van der Waals surface area contributed by atoms with Crippen molar-refractivity contribution >= 4 is 46.3 Å². The van der Waals surface area contributed by atoms with Gasteiger partial charge in [-0.3, -0.25) is 0 Å². The molecule has 2 aromatic heterocycles. The summed E-state index contributed by atoms with van der Waals surface area (Å²) in [5.74, 6) is 1.32. The summed E-state index contributed by atoms with van der Waals surface area (Å²) in [6.07, 6.45) is 3.65. The first-order chi connectivity index (χ1) is 15.7. The lowest BCUT2D eigenvalue weighted by Crippen LogP contribution is -2.37. The lowest BCUT2D eigenvalue weighted by Gasteiger charge is -2.27. The van der Waals surface area contributed by atoms with E-state index in [1.807, 2.05) is 54.7 Å². The predicted molar refractivity (Wildman–Crippen MR) is 127 cm³/mol. The van der Waals surface area contributed by atoms with Crippen molar-refractivity contribution in [3.63, 3.8) is 0 Å². The third kappa shape index (κ3) is 4.44. The molecule has 1 aliphatic heterocycles. The Balaban J connectivity index is 1.40. The molecule has 10 nitrogen and oxygen atoms in total. The Kier molecular flexibility index (Phi) is 5.50. The van der Waals surface area contributed by atoms with E-state index in [4.69, 9.17) is 10.5 Å². The lowest BCUT2D eigenvalue weighted by molar-refractivity contribution is 0.122. The number of rotatable bonds is 6. The summed E-state index contributed by atoms with van der Waals surface area (Å²) < 4.78 is 5.45. The van der Waals surface area contributed by atoms with Crippen LogP contribution in [0.15, 0.2) is 59.8 Å². The van der Waals surface area contributed by atoms with E-state index >= 15 is 0 Å². The van der Waals surface area contributed by atoms with Gasteiger partial charge in [-0.25, -0.2) is 5.43 Å². The maximum Gasteiger partial charge on any atom is 0.250 e. The number of nitrogens with zero attached hydrogens (tertiary/aromatic N) is 5. The summed E-state index contributed by atoms with van der Waals surface area (Å²) in [5, 5.41) is 8.64. The van der Waals surface area contributed by atoms with Gasteiger partial charge >= 0.3 is 0 Å². The fourth-order valence-corrected chi connectivity index (χ4v) is 3.43. The van der Waals surface area contributed by atoms with Crippen LogP contribution >= 0.6 is 0 Å². The van der Waals surface area contributed by atoms with Crippen LogP contribution in [0.25, 0.3) is 10.9 Å². The number of anilines is 5. The topological polar surface area (TPSA) is 129 Å². The van der Waals surface area contributed by atoms with Gasteiger partial charge in [0.05, 0.1) is 19.4 Å². The largest absolute Gasteiger partial charge is 0.399 e. The van der Waals surface area contributed by atoms with Crippen LogP contribution in [0.4, 0.5) is 29.2 Å². The molecule has 0 radical (unpaired) electrons. The van der Waals surface area contributed by atoms with E-state index in [9.17, 15) is 0 Å². The number of hydrazone groups is 1. The van der Waals surface area contributed by atoms with Gasteiger partial charge in [0.25, 0.3) is 0 Å². The van der Waals surface area contributed by atoms with Crippen LogP contribution in [0, 0.1) is 0 Å². The molecular formula is C22H23N9O. The Morgan fingerprint density at radius 1 is 1.00 bits per heavy atom. The Labute approximate surface area is 184 Å². The number of morpholine rings is 1. The van der Waals surface area contributed by atoms with Gasteiger partial charge in [0, 0.05) is 47.1 Å². The van der Waals surface area contributed by atoms with Gasteiger partial charge < -0.3 is 25.7 Å². The van der Waals surface area contributed by atoms with Crippen LogP contribution in [0.2, 0.25) is 0 Å². The first-order valence-corrected chi connectivity index (χ1v) is 10.3. The molecule has 0 spiro atoms. The smallest absolute Gasteiger partial charge is 0.250 e. The average Bonchev–Trinajstić information content (AvgIpc) is 3.24. The van der Waals surface area contributed by atoms with E-state index in [2.05, 4.69) is 40.7 Å². The summed E-state index contributed by atoms with van der Waals surface area (Å²) in [4.78, 5) is 18.9. The fraction of sp³-hybridized carbons (Fsp3) is 0.182. The molecule has 10 heteroatoms. The zero-order valence-corrected chi connectivity index (χ0v) is 17.3. The first-order valence-electron chi connectivity index (χ1n) is 10.3. The zero-order chi connectivity index (χ0) is 21.8. The quantitative estimate of drug-likeness (QED) is 0.209. The van der Waals surface area contributed by atoms with Crippen molar-refractivity contribution < 1.29 is 4.74 Å². The predicted octanol–water partition coefficient (Wildman–Crippen LogP) is 2.96. The van der Waals surface area contributed by atoms with E-state index in [-0.39, 0.29) is 0 Å². The molecule has 0 saturated carbocycles. The van der Waals surface area contributed by atoms with Crippen molar-refractivity contribution in [1.29, 1.82) is 0 Å². The van der Waals surface area contributed by atoms with Gasteiger partial charge in [-0.1, -0.05) is 18.2 Å². The van der Waals surface area contributed by atoms with Crippen molar-refractivity contribution in [2.24, 2.45) is 5.10 Å². The highest BCUT2D eigenvalue weighted by atomic mass is 16.5. The molecule has 162 valence electrons. The molecule has 0 bridgehead atoms. The van der Waals surface area contributed by atoms with Gasteiger partial charge in [0.2, 0.25) is 17.8 Å².